The third-order valence-electron chi connectivity index (χ3n) is 3.25. The highest BCUT2D eigenvalue weighted by molar-refractivity contribution is 5.10. The zero-order chi connectivity index (χ0) is 13.7. The molecule has 0 aliphatic heterocycles. The van der Waals surface area contributed by atoms with E-state index in [1.165, 1.54) is 11.4 Å². The molecule has 0 aliphatic rings. The predicted octanol–water partition coefficient (Wildman–Crippen LogP) is 2.50. The minimum Gasteiger partial charge on any atom is -0.344 e. The molecular formula is C15H24N4. The van der Waals surface area contributed by atoms with Crippen LogP contribution in [0, 0.1) is 5.92 Å². The standard InChI is InChI=1S/C15H24N4/c1-4-18-12-17-10-15(18)11-19-7-5-6-14(19)9-16-8-13(2)3/h5-7,10,12-13,16H,4,8-9,11H2,1-3H3. The summed E-state index contributed by atoms with van der Waals surface area (Å²) in [5, 5.41) is 3.49. The molecule has 2 heterocycles. The summed E-state index contributed by atoms with van der Waals surface area (Å²) >= 11 is 0. The van der Waals surface area contributed by atoms with Crippen molar-refractivity contribution in [2.75, 3.05) is 6.54 Å². The minimum absolute atomic E-state index is 0.685. The lowest BCUT2D eigenvalue weighted by atomic mass is 10.2. The van der Waals surface area contributed by atoms with Gasteiger partial charge in [-0.25, -0.2) is 4.98 Å². The van der Waals surface area contributed by atoms with Crippen molar-refractivity contribution < 1.29 is 0 Å². The van der Waals surface area contributed by atoms with Crippen LogP contribution < -0.4 is 5.32 Å². The third-order valence-corrected chi connectivity index (χ3v) is 3.25. The van der Waals surface area contributed by atoms with Gasteiger partial charge in [0.15, 0.2) is 0 Å². The van der Waals surface area contributed by atoms with Gasteiger partial charge in [0.05, 0.1) is 18.6 Å². The maximum Gasteiger partial charge on any atom is 0.0948 e. The highest BCUT2D eigenvalue weighted by Crippen LogP contribution is 2.08. The van der Waals surface area contributed by atoms with Crippen LogP contribution in [0.2, 0.25) is 0 Å². The third kappa shape index (κ3) is 3.70. The zero-order valence-corrected chi connectivity index (χ0v) is 12.1. The number of aryl methyl sites for hydroxylation is 1. The van der Waals surface area contributed by atoms with E-state index in [-0.39, 0.29) is 0 Å². The van der Waals surface area contributed by atoms with E-state index in [0.29, 0.717) is 5.92 Å². The van der Waals surface area contributed by atoms with Gasteiger partial charge in [-0.1, -0.05) is 13.8 Å². The molecule has 19 heavy (non-hydrogen) atoms. The van der Waals surface area contributed by atoms with Crippen molar-refractivity contribution in [2.45, 2.75) is 40.4 Å². The van der Waals surface area contributed by atoms with E-state index >= 15 is 0 Å². The molecule has 1 N–H and O–H groups in total. The number of imidazole rings is 1. The Balaban J connectivity index is 1.99. The summed E-state index contributed by atoms with van der Waals surface area (Å²) in [7, 11) is 0. The van der Waals surface area contributed by atoms with Crippen LogP contribution in [0.3, 0.4) is 0 Å². The number of hydrogen-bond acceptors (Lipinski definition) is 2. The fourth-order valence-corrected chi connectivity index (χ4v) is 2.19. The second-order valence-electron chi connectivity index (χ2n) is 5.32. The van der Waals surface area contributed by atoms with Crippen LogP contribution in [0.15, 0.2) is 30.9 Å². The first kappa shape index (κ1) is 13.9. The van der Waals surface area contributed by atoms with Crippen LogP contribution in [-0.4, -0.2) is 20.7 Å². The van der Waals surface area contributed by atoms with E-state index < -0.39 is 0 Å². The van der Waals surface area contributed by atoms with Gasteiger partial charge in [0, 0.05) is 31.2 Å². The van der Waals surface area contributed by atoms with E-state index in [0.717, 1.165) is 26.2 Å². The van der Waals surface area contributed by atoms with Crippen molar-refractivity contribution in [3.8, 4) is 0 Å². The Morgan fingerprint density at radius 2 is 2.11 bits per heavy atom. The van der Waals surface area contributed by atoms with Gasteiger partial charge in [-0.15, -0.1) is 0 Å². The molecule has 0 amide bonds. The lowest BCUT2D eigenvalue weighted by molar-refractivity contribution is 0.536. The Hall–Kier alpha value is -1.55. The topological polar surface area (TPSA) is 34.8 Å². The monoisotopic (exact) mass is 260 g/mol. The van der Waals surface area contributed by atoms with E-state index in [1.54, 1.807) is 0 Å². The summed E-state index contributed by atoms with van der Waals surface area (Å²) in [6.45, 7) is 10.4. The maximum absolute atomic E-state index is 4.22. The summed E-state index contributed by atoms with van der Waals surface area (Å²) in [6, 6.07) is 4.29. The van der Waals surface area contributed by atoms with Gasteiger partial charge >= 0.3 is 0 Å². The van der Waals surface area contributed by atoms with Gasteiger partial charge < -0.3 is 14.5 Å². The first-order valence-electron chi connectivity index (χ1n) is 7.04. The molecule has 104 valence electrons. The lowest BCUT2D eigenvalue weighted by Gasteiger charge is -2.12. The van der Waals surface area contributed by atoms with E-state index in [2.05, 4.69) is 58.5 Å². The summed E-state index contributed by atoms with van der Waals surface area (Å²) < 4.78 is 4.47. The molecule has 0 aromatic carbocycles. The number of hydrogen-bond donors (Lipinski definition) is 1. The van der Waals surface area contributed by atoms with E-state index in [4.69, 9.17) is 0 Å². The van der Waals surface area contributed by atoms with Crippen molar-refractivity contribution in [2.24, 2.45) is 5.92 Å². The second kappa shape index (κ2) is 6.57. The number of nitrogens with one attached hydrogen (secondary N) is 1. The molecule has 0 bridgehead atoms. The molecule has 2 rings (SSSR count). The largest absolute Gasteiger partial charge is 0.344 e. The highest BCUT2D eigenvalue weighted by atomic mass is 15.1. The van der Waals surface area contributed by atoms with Gasteiger partial charge in [-0.05, 0) is 31.5 Å². The van der Waals surface area contributed by atoms with E-state index in [1.807, 2.05) is 12.5 Å². The first-order chi connectivity index (χ1) is 9.20. The van der Waals surface area contributed by atoms with Crippen LogP contribution >= 0.6 is 0 Å². The van der Waals surface area contributed by atoms with Crippen molar-refractivity contribution in [3.05, 3.63) is 42.2 Å². The average molecular weight is 260 g/mol. The van der Waals surface area contributed by atoms with Gasteiger partial charge in [-0.3, -0.25) is 0 Å². The fourth-order valence-electron chi connectivity index (χ4n) is 2.19. The van der Waals surface area contributed by atoms with E-state index in [9.17, 15) is 0 Å². The maximum atomic E-state index is 4.22. The average Bonchev–Trinajstić information content (AvgIpc) is 2.99. The molecule has 2 aromatic heterocycles. The van der Waals surface area contributed by atoms with Crippen LogP contribution in [0.1, 0.15) is 32.2 Å². The van der Waals surface area contributed by atoms with Gasteiger partial charge in [0.1, 0.15) is 0 Å². The van der Waals surface area contributed by atoms with Crippen LogP contribution in [0.4, 0.5) is 0 Å². The number of nitrogens with zero attached hydrogens (tertiary/aromatic N) is 3. The Morgan fingerprint density at radius 1 is 1.26 bits per heavy atom. The first-order valence-corrected chi connectivity index (χ1v) is 7.04. The Kier molecular flexibility index (Phi) is 4.80. The molecule has 0 fully saturated rings. The molecule has 0 saturated heterocycles. The zero-order valence-electron chi connectivity index (χ0n) is 12.1. The quantitative estimate of drug-likeness (QED) is 0.830. The van der Waals surface area contributed by atoms with Gasteiger partial charge in [-0.2, -0.15) is 0 Å². The molecule has 4 nitrogen and oxygen atoms in total. The smallest absolute Gasteiger partial charge is 0.0948 e. The molecule has 0 atom stereocenters. The van der Waals surface area contributed by atoms with Gasteiger partial charge in [0.2, 0.25) is 0 Å². The predicted molar refractivity (Wildman–Crippen MR) is 78.0 cm³/mol. The number of rotatable bonds is 7. The van der Waals surface area contributed by atoms with Gasteiger partial charge in [0.25, 0.3) is 0 Å². The molecular weight excluding hydrogens is 236 g/mol. The molecule has 2 aromatic rings. The summed E-state index contributed by atoms with van der Waals surface area (Å²) in [6.07, 6.45) is 5.99. The fraction of sp³-hybridized carbons (Fsp3) is 0.533. The van der Waals surface area contributed by atoms with Crippen molar-refractivity contribution in [1.82, 2.24) is 19.4 Å². The normalized spacial score (nSPS) is 11.4. The molecule has 0 unspecified atom stereocenters. The summed E-state index contributed by atoms with van der Waals surface area (Å²) in [4.78, 5) is 4.22. The van der Waals surface area contributed by atoms with Crippen molar-refractivity contribution in [3.63, 3.8) is 0 Å². The van der Waals surface area contributed by atoms with Crippen molar-refractivity contribution >= 4 is 0 Å². The van der Waals surface area contributed by atoms with Crippen LogP contribution in [0.5, 0.6) is 0 Å². The summed E-state index contributed by atoms with van der Waals surface area (Å²) in [5.41, 5.74) is 2.58. The molecule has 4 heteroatoms. The Labute approximate surface area is 115 Å². The van der Waals surface area contributed by atoms with Crippen molar-refractivity contribution in [1.29, 1.82) is 0 Å². The molecule has 0 saturated carbocycles. The van der Waals surface area contributed by atoms with Crippen LogP contribution in [-0.2, 0) is 19.6 Å². The molecule has 0 spiro atoms. The summed E-state index contributed by atoms with van der Waals surface area (Å²) in [5.74, 6) is 0.685. The lowest BCUT2D eigenvalue weighted by Crippen LogP contribution is -2.21. The SMILES string of the molecule is CCn1cncc1Cn1cccc1CNCC(C)C. The second-order valence-corrected chi connectivity index (χ2v) is 5.32. The highest BCUT2D eigenvalue weighted by Gasteiger charge is 2.05. The Bertz CT molecular complexity index is 496. The Morgan fingerprint density at radius 3 is 2.84 bits per heavy atom. The molecule has 0 aliphatic carbocycles. The minimum atomic E-state index is 0.685. The molecule has 0 radical (unpaired) electrons. The van der Waals surface area contributed by atoms with Crippen LogP contribution in [0.25, 0.3) is 0 Å². The number of aromatic nitrogens is 3.